The molecule has 4 rings (SSSR count). The molecule has 2 aromatic heterocycles. The Morgan fingerprint density at radius 1 is 1.28 bits per heavy atom. The zero-order valence-corrected chi connectivity index (χ0v) is 16.5. The number of hydrogen-bond acceptors (Lipinski definition) is 5. The molecule has 0 aromatic carbocycles. The third kappa shape index (κ3) is 4.56. The van der Waals surface area contributed by atoms with E-state index in [9.17, 15) is 9.59 Å². The molecule has 0 radical (unpaired) electrons. The number of amides is 1. The first kappa shape index (κ1) is 19.4. The normalized spacial score (nSPS) is 19.1. The number of carbonyl (C=O) groups is 1. The van der Waals surface area contributed by atoms with E-state index in [-0.39, 0.29) is 17.5 Å². The predicted molar refractivity (Wildman–Crippen MR) is 114 cm³/mol. The second-order valence-corrected chi connectivity index (χ2v) is 7.80. The molecule has 0 spiro atoms. The quantitative estimate of drug-likeness (QED) is 0.699. The van der Waals surface area contributed by atoms with Crippen LogP contribution in [-0.4, -0.2) is 53.0 Å². The lowest BCUT2D eigenvalue weighted by molar-refractivity contribution is -0.125. The van der Waals surface area contributed by atoms with Gasteiger partial charge in [-0.05, 0) is 48.9 Å². The first-order valence-corrected chi connectivity index (χ1v) is 10.2. The van der Waals surface area contributed by atoms with Crippen molar-refractivity contribution in [3.63, 3.8) is 0 Å². The minimum absolute atomic E-state index is 0.0104. The summed E-state index contributed by atoms with van der Waals surface area (Å²) in [6, 6.07) is 5.97. The van der Waals surface area contributed by atoms with Crippen LogP contribution >= 0.6 is 0 Å². The van der Waals surface area contributed by atoms with Crippen LogP contribution in [0.1, 0.15) is 19.3 Å². The summed E-state index contributed by atoms with van der Waals surface area (Å²) in [6.07, 6.45) is 11.7. The second kappa shape index (κ2) is 8.61. The van der Waals surface area contributed by atoms with Gasteiger partial charge < -0.3 is 20.5 Å². The van der Waals surface area contributed by atoms with E-state index in [0.717, 1.165) is 24.1 Å². The lowest BCUT2D eigenvalue weighted by Crippen LogP contribution is -2.42. The zero-order chi connectivity index (χ0) is 20.2. The van der Waals surface area contributed by atoms with Gasteiger partial charge in [0.2, 0.25) is 5.91 Å². The monoisotopic (exact) mass is 393 g/mol. The Labute approximate surface area is 170 Å². The highest BCUT2D eigenvalue weighted by Gasteiger charge is 2.34. The largest absolute Gasteiger partial charge is 0.362 e. The lowest BCUT2D eigenvalue weighted by atomic mass is 10.1. The molecule has 0 unspecified atom stereocenters. The van der Waals surface area contributed by atoms with Crippen molar-refractivity contribution in [3.8, 4) is 11.1 Å². The van der Waals surface area contributed by atoms with E-state index >= 15 is 0 Å². The molecule has 152 valence electrons. The number of anilines is 1. The molecule has 3 N–H and O–H groups in total. The molecule has 2 fully saturated rings. The van der Waals surface area contributed by atoms with Crippen molar-refractivity contribution < 1.29 is 4.79 Å². The summed E-state index contributed by atoms with van der Waals surface area (Å²) >= 11 is 0. The number of rotatable bonds is 7. The Morgan fingerprint density at radius 2 is 2.07 bits per heavy atom. The predicted octanol–water partition coefficient (Wildman–Crippen LogP) is 1.77. The number of nitrogens with one attached hydrogen (secondary N) is 1. The van der Waals surface area contributed by atoms with Crippen LogP contribution in [0.15, 0.2) is 53.7 Å². The van der Waals surface area contributed by atoms with Gasteiger partial charge in [-0.25, -0.2) is 0 Å². The van der Waals surface area contributed by atoms with Crippen LogP contribution in [0.3, 0.4) is 0 Å². The summed E-state index contributed by atoms with van der Waals surface area (Å²) < 4.78 is 0. The van der Waals surface area contributed by atoms with E-state index in [1.54, 1.807) is 30.7 Å². The highest BCUT2D eigenvalue weighted by atomic mass is 16.2. The average Bonchev–Trinajstić information content (AvgIpc) is 3.44. The number of H-pyrrole nitrogens is 1. The van der Waals surface area contributed by atoms with Gasteiger partial charge in [0, 0.05) is 62.5 Å². The highest BCUT2D eigenvalue weighted by Crippen LogP contribution is 2.33. The van der Waals surface area contributed by atoms with E-state index in [2.05, 4.69) is 14.9 Å². The fourth-order valence-electron chi connectivity index (χ4n) is 3.89. The summed E-state index contributed by atoms with van der Waals surface area (Å²) in [5, 5.41) is 0. The minimum Gasteiger partial charge on any atom is -0.362 e. The highest BCUT2D eigenvalue weighted by molar-refractivity contribution is 5.88. The minimum atomic E-state index is -0.0868. The Balaban J connectivity index is 1.60. The SMILES string of the molecule is NCC=CC(=O)N1CC[C@@H](N(CC2CC2)c2cc(-c3ccncc3)c[nH]c2=O)C1. The smallest absolute Gasteiger partial charge is 0.271 e. The summed E-state index contributed by atoms with van der Waals surface area (Å²) in [4.78, 5) is 36.1. The molecule has 7 nitrogen and oxygen atoms in total. The number of carbonyl (C=O) groups excluding carboxylic acids is 1. The summed E-state index contributed by atoms with van der Waals surface area (Å²) in [5.41, 5.74) is 8.03. The van der Waals surface area contributed by atoms with Crippen LogP contribution in [0.2, 0.25) is 0 Å². The fourth-order valence-corrected chi connectivity index (χ4v) is 3.89. The molecule has 1 atom stereocenters. The Hall–Kier alpha value is -2.93. The van der Waals surface area contributed by atoms with Crippen molar-refractivity contribution in [1.29, 1.82) is 0 Å². The van der Waals surface area contributed by atoms with Crippen molar-refractivity contribution in [2.75, 3.05) is 31.1 Å². The number of aromatic nitrogens is 2. The molecule has 0 bridgehead atoms. The van der Waals surface area contributed by atoms with Gasteiger partial charge in [-0.15, -0.1) is 0 Å². The van der Waals surface area contributed by atoms with Crippen LogP contribution in [0.4, 0.5) is 5.69 Å². The molecule has 1 saturated carbocycles. The molecular weight excluding hydrogens is 366 g/mol. The Morgan fingerprint density at radius 3 is 2.79 bits per heavy atom. The maximum atomic E-state index is 12.7. The van der Waals surface area contributed by atoms with E-state index in [4.69, 9.17) is 5.73 Å². The lowest BCUT2D eigenvalue weighted by Gasteiger charge is -2.31. The molecule has 1 aliphatic carbocycles. The first-order valence-electron chi connectivity index (χ1n) is 10.2. The van der Waals surface area contributed by atoms with Gasteiger partial charge in [0.15, 0.2) is 0 Å². The number of nitrogens with zero attached hydrogens (tertiary/aromatic N) is 3. The van der Waals surface area contributed by atoms with E-state index in [1.807, 2.05) is 23.1 Å². The van der Waals surface area contributed by atoms with Gasteiger partial charge in [-0.1, -0.05) is 6.08 Å². The van der Waals surface area contributed by atoms with E-state index in [0.29, 0.717) is 31.2 Å². The standard InChI is InChI=1S/C22H27N5O2/c23-8-1-2-21(28)26-11-7-19(15-26)27(14-16-3-4-16)20-12-18(13-25-22(20)29)17-5-9-24-10-6-17/h1-2,5-6,9-10,12-13,16,19H,3-4,7-8,11,14-15,23H2,(H,25,29)/t19-/m1/s1. The second-order valence-electron chi connectivity index (χ2n) is 7.80. The van der Waals surface area contributed by atoms with Gasteiger partial charge in [0.1, 0.15) is 5.69 Å². The molecular formula is C22H27N5O2. The fraction of sp³-hybridized carbons (Fsp3) is 0.409. The third-order valence-corrected chi connectivity index (χ3v) is 5.67. The molecule has 1 amide bonds. The molecule has 3 heterocycles. The third-order valence-electron chi connectivity index (χ3n) is 5.67. The van der Waals surface area contributed by atoms with Gasteiger partial charge in [0.25, 0.3) is 5.56 Å². The van der Waals surface area contributed by atoms with E-state index in [1.165, 1.54) is 12.8 Å². The first-order chi connectivity index (χ1) is 14.2. The number of hydrogen-bond donors (Lipinski definition) is 2. The summed E-state index contributed by atoms with van der Waals surface area (Å²) in [6.45, 7) is 2.53. The van der Waals surface area contributed by atoms with E-state index < -0.39 is 0 Å². The Bertz CT molecular complexity index is 936. The van der Waals surface area contributed by atoms with Crippen LogP contribution < -0.4 is 16.2 Å². The van der Waals surface area contributed by atoms with Crippen LogP contribution in [-0.2, 0) is 4.79 Å². The summed E-state index contributed by atoms with van der Waals surface area (Å²) in [5.74, 6) is 0.615. The number of aromatic amines is 1. The van der Waals surface area contributed by atoms with Crippen molar-refractivity contribution in [1.82, 2.24) is 14.9 Å². The van der Waals surface area contributed by atoms with Crippen molar-refractivity contribution in [3.05, 3.63) is 59.3 Å². The molecule has 1 aliphatic heterocycles. The van der Waals surface area contributed by atoms with Crippen LogP contribution in [0.25, 0.3) is 11.1 Å². The maximum Gasteiger partial charge on any atom is 0.271 e. The number of nitrogens with two attached hydrogens (primary N) is 1. The molecule has 7 heteroatoms. The van der Waals surface area contributed by atoms with Crippen molar-refractivity contribution in [2.45, 2.75) is 25.3 Å². The average molecular weight is 393 g/mol. The Kier molecular flexibility index (Phi) is 5.76. The van der Waals surface area contributed by atoms with Gasteiger partial charge >= 0.3 is 0 Å². The molecule has 2 aromatic rings. The molecule has 29 heavy (non-hydrogen) atoms. The molecule has 1 saturated heterocycles. The van der Waals surface area contributed by atoms with Gasteiger partial charge in [0.05, 0.1) is 0 Å². The van der Waals surface area contributed by atoms with Crippen molar-refractivity contribution >= 4 is 11.6 Å². The van der Waals surface area contributed by atoms with Crippen molar-refractivity contribution in [2.24, 2.45) is 11.7 Å². The number of pyridine rings is 2. The van der Waals surface area contributed by atoms with Gasteiger partial charge in [-0.3, -0.25) is 14.6 Å². The van der Waals surface area contributed by atoms with Gasteiger partial charge in [-0.2, -0.15) is 0 Å². The number of likely N-dealkylation sites (tertiary alicyclic amines) is 1. The summed E-state index contributed by atoms with van der Waals surface area (Å²) in [7, 11) is 0. The molecule has 2 aliphatic rings. The topological polar surface area (TPSA) is 95.3 Å². The zero-order valence-electron chi connectivity index (χ0n) is 16.5. The maximum absolute atomic E-state index is 12.7. The van der Waals surface area contributed by atoms with Crippen LogP contribution in [0.5, 0.6) is 0 Å². The van der Waals surface area contributed by atoms with Crippen LogP contribution in [0, 0.1) is 5.92 Å².